The average Bonchev–Trinajstić information content (AvgIpc) is 2.88. The summed E-state index contributed by atoms with van der Waals surface area (Å²) in [6.07, 6.45) is 1.32. The van der Waals surface area contributed by atoms with Crippen LogP contribution in [0.1, 0.15) is 10.4 Å². The molecule has 0 saturated carbocycles. The van der Waals surface area contributed by atoms with Gasteiger partial charge in [-0.05, 0) is 12.1 Å². The van der Waals surface area contributed by atoms with E-state index in [1.54, 1.807) is 11.0 Å². The van der Waals surface area contributed by atoms with Crippen LogP contribution in [-0.4, -0.2) is 40.2 Å². The Bertz CT molecular complexity index is 569. The number of H-pyrrole nitrogens is 1. The number of nitrogens with zero attached hydrogens (tertiary/aromatic N) is 4. The van der Waals surface area contributed by atoms with Crippen molar-refractivity contribution in [2.24, 2.45) is 0 Å². The van der Waals surface area contributed by atoms with Crippen LogP contribution in [0.5, 0.6) is 0 Å². The van der Waals surface area contributed by atoms with E-state index in [0.717, 1.165) is 0 Å². The van der Waals surface area contributed by atoms with Crippen molar-refractivity contribution in [3.05, 3.63) is 29.2 Å². The van der Waals surface area contributed by atoms with Gasteiger partial charge in [0.05, 0.1) is 0 Å². The maximum absolute atomic E-state index is 11.9. The molecule has 9 heteroatoms. The molecule has 0 fully saturated rings. The highest BCUT2D eigenvalue weighted by molar-refractivity contribution is 6.29. The van der Waals surface area contributed by atoms with E-state index in [4.69, 9.17) is 11.6 Å². The summed E-state index contributed by atoms with van der Waals surface area (Å²) in [4.78, 5) is 21.6. The van der Waals surface area contributed by atoms with Crippen LogP contribution in [0.3, 0.4) is 0 Å². The highest BCUT2D eigenvalue weighted by atomic mass is 35.5. The van der Waals surface area contributed by atoms with Gasteiger partial charge in [-0.25, -0.2) is 10.1 Å². The van der Waals surface area contributed by atoms with Gasteiger partial charge in [-0.15, -0.1) is 0 Å². The first-order valence-electron chi connectivity index (χ1n) is 5.33. The molecule has 0 radical (unpaired) electrons. The number of halogens is 1. The van der Waals surface area contributed by atoms with E-state index in [1.165, 1.54) is 12.4 Å². The number of anilines is 2. The van der Waals surface area contributed by atoms with E-state index in [2.05, 4.69) is 31.0 Å². The molecule has 0 aliphatic rings. The van der Waals surface area contributed by atoms with Crippen LogP contribution in [0.25, 0.3) is 0 Å². The second kappa shape index (κ2) is 5.53. The predicted octanol–water partition coefficient (Wildman–Crippen LogP) is 0.676. The van der Waals surface area contributed by atoms with Crippen molar-refractivity contribution in [1.29, 1.82) is 0 Å². The quantitative estimate of drug-likeness (QED) is 0.563. The summed E-state index contributed by atoms with van der Waals surface area (Å²) in [5, 5.41) is 6.43. The Hall–Kier alpha value is -2.35. The molecule has 0 aromatic carbocycles. The Labute approximate surface area is 114 Å². The zero-order valence-electron chi connectivity index (χ0n) is 10.3. The van der Waals surface area contributed by atoms with E-state index in [-0.39, 0.29) is 11.1 Å². The number of hydrazine groups is 1. The summed E-state index contributed by atoms with van der Waals surface area (Å²) in [7, 11) is 3.63. The fourth-order valence-electron chi connectivity index (χ4n) is 1.30. The topological polar surface area (TPSA) is 98.8 Å². The van der Waals surface area contributed by atoms with Crippen molar-refractivity contribution in [2.45, 2.75) is 0 Å². The molecule has 2 aromatic heterocycles. The van der Waals surface area contributed by atoms with Gasteiger partial charge >= 0.3 is 0 Å². The molecule has 8 nitrogen and oxygen atoms in total. The SMILES string of the molecule is CN(C)c1cc(C(=O)NNc2ncn[nH]2)cc(Cl)n1. The monoisotopic (exact) mass is 281 g/mol. The smallest absolute Gasteiger partial charge is 0.269 e. The highest BCUT2D eigenvalue weighted by Crippen LogP contribution is 2.16. The van der Waals surface area contributed by atoms with Gasteiger partial charge in [0.2, 0.25) is 5.95 Å². The summed E-state index contributed by atoms with van der Waals surface area (Å²) in [5.41, 5.74) is 5.44. The zero-order valence-corrected chi connectivity index (χ0v) is 11.1. The van der Waals surface area contributed by atoms with Crippen LogP contribution in [0, 0.1) is 0 Å². The van der Waals surface area contributed by atoms with Crippen molar-refractivity contribution in [3.63, 3.8) is 0 Å². The van der Waals surface area contributed by atoms with Crippen molar-refractivity contribution in [1.82, 2.24) is 25.6 Å². The molecule has 0 spiro atoms. The van der Waals surface area contributed by atoms with Gasteiger partial charge < -0.3 is 4.90 Å². The van der Waals surface area contributed by atoms with Gasteiger partial charge in [-0.1, -0.05) is 11.6 Å². The molecule has 3 N–H and O–H groups in total. The van der Waals surface area contributed by atoms with Crippen molar-refractivity contribution in [2.75, 3.05) is 24.4 Å². The van der Waals surface area contributed by atoms with E-state index in [0.29, 0.717) is 17.3 Å². The maximum Gasteiger partial charge on any atom is 0.269 e. The number of nitrogens with one attached hydrogen (secondary N) is 3. The minimum absolute atomic E-state index is 0.246. The minimum Gasteiger partial charge on any atom is -0.363 e. The van der Waals surface area contributed by atoms with Crippen LogP contribution in [0.15, 0.2) is 18.5 Å². The molecule has 2 aromatic rings. The van der Waals surface area contributed by atoms with Gasteiger partial charge in [0, 0.05) is 19.7 Å². The fourth-order valence-corrected chi connectivity index (χ4v) is 1.50. The molecule has 100 valence electrons. The van der Waals surface area contributed by atoms with E-state index in [1.807, 2.05) is 14.1 Å². The second-order valence-corrected chi connectivity index (χ2v) is 4.23. The average molecular weight is 282 g/mol. The fraction of sp³-hybridized carbons (Fsp3) is 0.200. The maximum atomic E-state index is 11.9. The number of amides is 1. The first kappa shape index (κ1) is 13.1. The molecule has 1 amide bonds. The predicted molar refractivity (Wildman–Crippen MR) is 71.0 cm³/mol. The summed E-state index contributed by atoms with van der Waals surface area (Å²) < 4.78 is 0. The van der Waals surface area contributed by atoms with E-state index >= 15 is 0 Å². The van der Waals surface area contributed by atoms with Crippen LogP contribution in [0.2, 0.25) is 5.15 Å². The third kappa shape index (κ3) is 3.32. The number of hydrogen-bond donors (Lipinski definition) is 3. The third-order valence-electron chi connectivity index (χ3n) is 2.21. The van der Waals surface area contributed by atoms with Gasteiger partial charge in [0.25, 0.3) is 5.91 Å². The van der Waals surface area contributed by atoms with Crippen LogP contribution in [0.4, 0.5) is 11.8 Å². The standard InChI is InChI=1S/C10H12ClN7O/c1-18(2)8-4-6(3-7(11)14-8)9(19)15-17-10-12-5-13-16-10/h3-5H,1-2H3,(H,15,19)(H2,12,13,16,17). The zero-order chi connectivity index (χ0) is 13.8. The summed E-state index contributed by atoms with van der Waals surface area (Å²) >= 11 is 5.87. The first-order valence-corrected chi connectivity index (χ1v) is 5.70. The molecule has 0 aliphatic heterocycles. The van der Waals surface area contributed by atoms with Crippen LogP contribution < -0.4 is 15.8 Å². The number of rotatable bonds is 4. The Morgan fingerprint density at radius 2 is 2.21 bits per heavy atom. The van der Waals surface area contributed by atoms with Gasteiger partial charge in [0.15, 0.2) is 0 Å². The molecule has 0 atom stereocenters. The lowest BCUT2D eigenvalue weighted by Gasteiger charge is -2.13. The number of carbonyl (C=O) groups is 1. The molecular formula is C10H12ClN7O. The number of carbonyl (C=O) groups excluding carboxylic acids is 1. The van der Waals surface area contributed by atoms with Crippen molar-refractivity contribution in [3.8, 4) is 0 Å². The third-order valence-corrected chi connectivity index (χ3v) is 2.40. The molecule has 0 aliphatic carbocycles. The molecule has 2 heterocycles. The summed E-state index contributed by atoms with van der Waals surface area (Å²) in [6.45, 7) is 0. The van der Waals surface area contributed by atoms with Crippen molar-refractivity contribution >= 4 is 29.3 Å². The first-order chi connectivity index (χ1) is 9.06. The highest BCUT2D eigenvalue weighted by Gasteiger charge is 2.10. The van der Waals surface area contributed by atoms with Gasteiger partial charge in [-0.2, -0.15) is 10.1 Å². The molecular weight excluding hydrogens is 270 g/mol. The Morgan fingerprint density at radius 3 is 2.84 bits per heavy atom. The number of hydrogen-bond acceptors (Lipinski definition) is 6. The van der Waals surface area contributed by atoms with Gasteiger partial charge in [0.1, 0.15) is 17.3 Å². The lowest BCUT2D eigenvalue weighted by Crippen LogP contribution is -2.30. The molecule has 0 bridgehead atoms. The Morgan fingerprint density at radius 1 is 1.42 bits per heavy atom. The van der Waals surface area contributed by atoms with E-state index in [9.17, 15) is 4.79 Å². The van der Waals surface area contributed by atoms with Crippen molar-refractivity contribution < 1.29 is 4.79 Å². The lowest BCUT2D eigenvalue weighted by atomic mass is 10.2. The Kier molecular flexibility index (Phi) is 3.81. The number of aromatic amines is 1. The minimum atomic E-state index is -0.358. The molecule has 2 rings (SSSR count). The summed E-state index contributed by atoms with van der Waals surface area (Å²) in [5.74, 6) is 0.572. The van der Waals surface area contributed by atoms with E-state index < -0.39 is 0 Å². The Balaban J connectivity index is 2.10. The second-order valence-electron chi connectivity index (χ2n) is 3.84. The normalized spacial score (nSPS) is 10.1. The van der Waals surface area contributed by atoms with Crippen LogP contribution in [-0.2, 0) is 0 Å². The molecule has 19 heavy (non-hydrogen) atoms. The molecule has 0 saturated heterocycles. The van der Waals surface area contributed by atoms with Gasteiger partial charge in [-0.3, -0.25) is 15.6 Å². The van der Waals surface area contributed by atoms with Crippen LogP contribution >= 0.6 is 11.6 Å². The largest absolute Gasteiger partial charge is 0.363 e. The lowest BCUT2D eigenvalue weighted by molar-refractivity contribution is 0.0962. The molecule has 0 unspecified atom stereocenters. The number of aromatic nitrogens is 4. The summed E-state index contributed by atoms with van der Waals surface area (Å²) in [6, 6.07) is 3.11. The number of pyridine rings is 1.